The first-order chi connectivity index (χ1) is 13.0. The molecule has 0 amide bonds. The summed E-state index contributed by atoms with van der Waals surface area (Å²) < 4.78 is 8.96. The molecule has 6 heteroatoms. The lowest BCUT2D eigenvalue weighted by Crippen LogP contribution is -2.12. The zero-order valence-corrected chi connectivity index (χ0v) is 18.3. The number of aryl methyl sites for hydroxylation is 1. The number of unbranched alkanes of at least 4 members (excludes halogenated alkanes) is 2. The van der Waals surface area contributed by atoms with Crippen LogP contribution in [0.1, 0.15) is 32.6 Å². The van der Waals surface area contributed by atoms with Crippen LogP contribution in [0.4, 0.5) is 0 Å². The van der Waals surface area contributed by atoms with E-state index >= 15 is 0 Å². The molecule has 27 heavy (non-hydrogen) atoms. The number of halogens is 2. The second-order valence-electron chi connectivity index (χ2n) is 6.42. The number of hydrogen-bond acceptors (Lipinski definition) is 3. The molecule has 0 aliphatic rings. The van der Waals surface area contributed by atoms with Gasteiger partial charge in [-0.3, -0.25) is 9.59 Å². The number of hydrogen-bond donors (Lipinski definition) is 0. The highest BCUT2D eigenvalue weighted by atomic mass is 79.9. The molecule has 1 aromatic heterocycles. The van der Waals surface area contributed by atoms with E-state index < -0.39 is 0 Å². The van der Waals surface area contributed by atoms with Crippen molar-refractivity contribution in [3.63, 3.8) is 0 Å². The van der Waals surface area contributed by atoms with Crippen molar-refractivity contribution in [2.75, 3.05) is 6.61 Å². The normalized spacial score (nSPS) is 11.2. The van der Waals surface area contributed by atoms with Crippen LogP contribution < -0.4 is 5.43 Å². The quantitative estimate of drug-likeness (QED) is 0.237. The molecule has 4 nitrogen and oxygen atoms in total. The van der Waals surface area contributed by atoms with Crippen molar-refractivity contribution in [1.29, 1.82) is 0 Å². The Balaban J connectivity index is 1.90. The van der Waals surface area contributed by atoms with Gasteiger partial charge >= 0.3 is 5.97 Å². The van der Waals surface area contributed by atoms with Crippen molar-refractivity contribution in [1.82, 2.24) is 4.57 Å². The number of esters is 1. The van der Waals surface area contributed by atoms with Gasteiger partial charge in [0, 0.05) is 32.7 Å². The molecule has 0 unspecified atom stereocenters. The summed E-state index contributed by atoms with van der Waals surface area (Å²) in [7, 11) is 0. The first-order valence-electron chi connectivity index (χ1n) is 9.08. The number of pyridine rings is 1. The molecule has 0 N–H and O–H groups in total. The summed E-state index contributed by atoms with van der Waals surface area (Å²) in [6, 6.07) is 11.7. The van der Waals surface area contributed by atoms with Crippen molar-refractivity contribution >= 4 is 59.6 Å². The molecule has 1 heterocycles. The summed E-state index contributed by atoms with van der Waals surface area (Å²) in [4.78, 5) is 24.4. The van der Waals surface area contributed by atoms with Crippen LogP contribution in [0.3, 0.4) is 0 Å². The summed E-state index contributed by atoms with van der Waals surface area (Å²) in [6.07, 6.45) is 3.13. The number of benzene rings is 2. The van der Waals surface area contributed by atoms with E-state index in [0.29, 0.717) is 23.8 Å². The molecule has 142 valence electrons. The van der Waals surface area contributed by atoms with Crippen molar-refractivity contribution in [3.8, 4) is 0 Å². The van der Waals surface area contributed by atoms with E-state index in [0.717, 1.165) is 45.8 Å². The SMILES string of the molecule is CCOC(=O)CCCCCn1c2ccc(Br)cc2c(=O)c2cc(Br)ccc21. The van der Waals surface area contributed by atoms with Gasteiger partial charge in [-0.1, -0.05) is 38.3 Å². The van der Waals surface area contributed by atoms with Gasteiger partial charge in [0.1, 0.15) is 0 Å². The Bertz CT molecular complexity index is 977. The fraction of sp³-hybridized carbons (Fsp3) is 0.333. The first kappa shape index (κ1) is 20.1. The molecule has 2 aromatic carbocycles. The van der Waals surface area contributed by atoms with Gasteiger partial charge < -0.3 is 9.30 Å². The predicted molar refractivity (Wildman–Crippen MR) is 116 cm³/mol. The summed E-state index contributed by atoms with van der Waals surface area (Å²) in [5.41, 5.74) is 1.91. The van der Waals surface area contributed by atoms with Crippen LogP contribution in [0.5, 0.6) is 0 Å². The molecule has 0 saturated carbocycles. The molecule has 0 bridgehead atoms. The van der Waals surface area contributed by atoms with E-state index in [1.54, 1.807) is 0 Å². The lowest BCUT2D eigenvalue weighted by atomic mass is 10.1. The number of carbonyl (C=O) groups excluding carboxylic acids is 1. The number of nitrogens with zero attached hydrogens (tertiary/aromatic N) is 1. The summed E-state index contributed by atoms with van der Waals surface area (Å²) >= 11 is 6.94. The predicted octanol–water partition coefficient (Wildman–Crippen LogP) is 5.80. The standard InChI is InChI=1S/C21H21Br2NO3/c1-2-27-20(25)6-4-3-5-11-24-18-9-7-14(22)12-16(18)21(26)17-13-15(23)8-10-19(17)24/h7-10,12-13H,2-6,11H2,1H3. The fourth-order valence-electron chi connectivity index (χ4n) is 3.32. The first-order valence-corrected chi connectivity index (χ1v) is 10.7. The maximum Gasteiger partial charge on any atom is 0.305 e. The minimum atomic E-state index is -0.133. The van der Waals surface area contributed by atoms with E-state index in [9.17, 15) is 9.59 Å². The van der Waals surface area contributed by atoms with Crippen LogP contribution in [-0.2, 0) is 16.1 Å². The third-order valence-corrected chi connectivity index (χ3v) is 5.54. The second kappa shape index (κ2) is 9.02. The second-order valence-corrected chi connectivity index (χ2v) is 8.25. The zero-order chi connectivity index (χ0) is 19.4. The van der Waals surface area contributed by atoms with Crippen LogP contribution in [0.2, 0.25) is 0 Å². The number of rotatable bonds is 7. The third kappa shape index (κ3) is 4.61. The smallest absolute Gasteiger partial charge is 0.305 e. The highest BCUT2D eigenvalue weighted by Gasteiger charge is 2.12. The molecule has 0 aliphatic carbocycles. The summed E-state index contributed by atoms with van der Waals surface area (Å²) in [5.74, 6) is -0.133. The molecule has 0 saturated heterocycles. The van der Waals surface area contributed by atoms with Crippen LogP contribution in [0.15, 0.2) is 50.1 Å². The van der Waals surface area contributed by atoms with Crippen molar-refractivity contribution in [2.45, 2.75) is 39.2 Å². The number of carbonyl (C=O) groups is 1. The van der Waals surface area contributed by atoms with Crippen LogP contribution in [-0.4, -0.2) is 17.1 Å². The van der Waals surface area contributed by atoms with Crippen molar-refractivity contribution < 1.29 is 9.53 Å². The zero-order valence-electron chi connectivity index (χ0n) is 15.1. The van der Waals surface area contributed by atoms with Crippen LogP contribution >= 0.6 is 31.9 Å². The Labute approximate surface area is 174 Å². The summed E-state index contributed by atoms with van der Waals surface area (Å²) in [5, 5.41) is 1.42. The molecule has 0 aliphatic heterocycles. The van der Waals surface area contributed by atoms with Gasteiger partial charge in [0.15, 0.2) is 5.43 Å². The molecule has 0 fully saturated rings. The number of aromatic nitrogens is 1. The third-order valence-electron chi connectivity index (χ3n) is 4.56. The number of ether oxygens (including phenoxy) is 1. The average Bonchev–Trinajstić information content (AvgIpc) is 2.64. The lowest BCUT2D eigenvalue weighted by molar-refractivity contribution is -0.143. The number of fused-ring (bicyclic) bond motifs is 2. The van der Waals surface area contributed by atoms with Gasteiger partial charge in [-0.15, -0.1) is 0 Å². The Kier molecular flexibility index (Phi) is 6.71. The van der Waals surface area contributed by atoms with Crippen LogP contribution in [0.25, 0.3) is 21.8 Å². The minimum Gasteiger partial charge on any atom is -0.466 e. The lowest BCUT2D eigenvalue weighted by Gasteiger charge is -2.15. The Morgan fingerprint density at radius 1 is 0.963 bits per heavy atom. The monoisotopic (exact) mass is 493 g/mol. The molecule has 0 atom stereocenters. The van der Waals surface area contributed by atoms with E-state index in [1.807, 2.05) is 43.3 Å². The molecular weight excluding hydrogens is 474 g/mol. The maximum absolute atomic E-state index is 13.0. The Hall–Kier alpha value is -1.66. The largest absolute Gasteiger partial charge is 0.466 e. The molecular formula is C21H21Br2NO3. The van der Waals surface area contributed by atoms with E-state index in [4.69, 9.17) is 4.74 Å². The molecule has 3 rings (SSSR count). The van der Waals surface area contributed by atoms with E-state index in [-0.39, 0.29) is 11.4 Å². The van der Waals surface area contributed by atoms with Gasteiger partial charge in [-0.25, -0.2) is 0 Å². The molecule has 0 radical (unpaired) electrons. The van der Waals surface area contributed by atoms with Gasteiger partial charge in [0.25, 0.3) is 0 Å². The molecule has 0 spiro atoms. The van der Waals surface area contributed by atoms with Gasteiger partial charge in [-0.2, -0.15) is 0 Å². The summed E-state index contributed by atoms with van der Waals surface area (Å²) in [6.45, 7) is 3.04. The Morgan fingerprint density at radius 2 is 1.56 bits per heavy atom. The highest BCUT2D eigenvalue weighted by Crippen LogP contribution is 2.25. The maximum atomic E-state index is 13.0. The molecule has 3 aromatic rings. The fourth-order valence-corrected chi connectivity index (χ4v) is 4.04. The van der Waals surface area contributed by atoms with Gasteiger partial charge in [0.2, 0.25) is 0 Å². The Morgan fingerprint density at radius 3 is 2.11 bits per heavy atom. The topological polar surface area (TPSA) is 48.3 Å². The minimum absolute atomic E-state index is 0.0427. The van der Waals surface area contributed by atoms with E-state index in [1.165, 1.54) is 0 Å². The van der Waals surface area contributed by atoms with Gasteiger partial charge in [0.05, 0.1) is 17.6 Å². The van der Waals surface area contributed by atoms with Crippen molar-refractivity contribution in [3.05, 3.63) is 55.6 Å². The highest BCUT2D eigenvalue weighted by molar-refractivity contribution is 9.10. The van der Waals surface area contributed by atoms with Crippen LogP contribution in [0, 0.1) is 0 Å². The van der Waals surface area contributed by atoms with Gasteiger partial charge in [-0.05, 0) is 56.2 Å². The van der Waals surface area contributed by atoms with E-state index in [2.05, 4.69) is 36.4 Å². The van der Waals surface area contributed by atoms with Crippen molar-refractivity contribution in [2.24, 2.45) is 0 Å². The average molecular weight is 495 g/mol.